The van der Waals surface area contributed by atoms with Crippen molar-refractivity contribution in [2.24, 2.45) is 36.2 Å². The van der Waals surface area contributed by atoms with E-state index in [0.717, 1.165) is 12.1 Å². The lowest BCUT2D eigenvalue weighted by Crippen LogP contribution is -2.36. The molecule has 0 saturated carbocycles. The van der Waals surface area contributed by atoms with Gasteiger partial charge in [0.15, 0.2) is 22.9 Å². The molecule has 0 spiro atoms. The van der Waals surface area contributed by atoms with Crippen molar-refractivity contribution in [3.63, 3.8) is 0 Å². The van der Waals surface area contributed by atoms with Crippen LogP contribution in [-0.2, 0) is 88.3 Å². The molecule has 4 aromatic heterocycles. The fraction of sp³-hybridized carbons (Fsp3) is 0.441. The van der Waals surface area contributed by atoms with Crippen LogP contribution in [-0.4, -0.2) is 206 Å². The Morgan fingerprint density at radius 2 is 1.03 bits per heavy atom. The van der Waals surface area contributed by atoms with E-state index in [9.17, 15) is 47.8 Å². The van der Waals surface area contributed by atoms with E-state index >= 15 is 0 Å². The zero-order valence-electron chi connectivity index (χ0n) is 57.9. The van der Waals surface area contributed by atoms with Gasteiger partial charge in [-0.2, -0.15) is 20.5 Å². The fourth-order valence-corrected chi connectivity index (χ4v) is 10.8. The molecule has 1 fully saturated rings. The number of Topliss-reactive ketones (excluding diaryl/α,β-unsaturated/α-hetero) is 2. The van der Waals surface area contributed by atoms with E-state index in [2.05, 4.69) is 71.8 Å². The van der Waals surface area contributed by atoms with Crippen LogP contribution in [0.15, 0.2) is 151 Å². The summed E-state index contributed by atoms with van der Waals surface area (Å²) >= 11 is 12.8. The Morgan fingerprint density at radius 3 is 1.45 bits per heavy atom. The van der Waals surface area contributed by atoms with Crippen LogP contribution in [0.3, 0.4) is 0 Å². The largest absolute Gasteiger partial charge is 0.388 e. The van der Waals surface area contributed by atoms with Crippen molar-refractivity contribution < 1.29 is 81.0 Å². The molecule has 2 unspecified atom stereocenters. The molecular formula is C68H79Cl2F2N19O15. The number of nitrogens with zero attached hydrogens (tertiary/aromatic N) is 15. The summed E-state index contributed by atoms with van der Waals surface area (Å²) in [7, 11) is 0. The Bertz CT molecular complexity index is 4200. The molecule has 3 amide bonds. The summed E-state index contributed by atoms with van der Waals surface area (Å²) in [6.07, 6.45) is 11.6. The maximum absolute atomic E-state index is 13.9. The van der Waals surface area contributed by atoms with Crippen molar-refractivity contribution >= 4 is 70.1 Å². The predicted octanol–water partition coefficient (Wildman–Crippen LogP) is 4.84. The minimum Gasteiger partial charge on any atom is -0.388 e. The molecule has 2 atom stereocenters. The summed E-state index contributed by atoms with van der Waals surface area (Å²) < 4.78 is 64.7. The average Bonchev–Trinajstić information content (AvgIpc) is 1.30. The molecule has 34 nitrogen and oxygen atoms in total. The Kier molecular flexibility index (Phi) is 30.3. The number of aromatic nitrogens is 8. The number of imide groups is 1. The number of aliphatic imine (C=N–C) groups is 2. The first-order valence-corrected chi connectivity index (χ1v) is 34.3. The molecule has 1 saturated heterocycles. The number of ether oxygens (including phenoxy) is 6. The SMILES string of the molecule is CC1(CCC(=O)NCCOCCOCCn2cc(COCC3=C(C(=O)CO)C(c4ccc(F)cc4Cl)N=C(c4ccncc4)N3)nn2)N=N1.CC1(CCC(=O)ON2C(=O)CCC2=O)N=N1.NCCOCCOCCn1cc(COCC2=C(C(=O)CO)C(c3ccc(F)cc3Cl)N=C(c3ccncc3)N2)nn1. The lowest BCUT2D eigenvalue weighted by atomic mass is 9.92. The smallest absolute Gasteiger partial charge is 0.333 e. The van der Waals surface area contributed by atoms with E-state index in [0.29, 0.717) is 160 Å². The molecule has 564 valence electrons. The highest BCUT2D eigenvalue weighted by atomic mass is 35.5. The van der Waals surface area contributed by atoms with E-state index in [-0.39, 0.29) is 78.5 Å². The fourth-order valence-electron chi connectivity index (χ4n) is 10.3. The van der Waals surface area contributed by atoms with Crippen LogP contribution in [0, 0.1) is 11.6 Å². The molecule has 106 heavy (non-hydrogen) atoms. The highest BCUT2D eigenvalue weighted by Gasteiger charge is 2.38. The van der Waals surface area contributed by atoms with Crippen molar-refractivity contribution in [2.75, 3.05) is 92.4 Å². The van der Waals surface area contributed by atoms with Gasteiger partial charge in [-0.05, 0) is 62.4 Å². The summed E-state index contributed by atoms with van der Waals surface area (Å²) in [5.41, 5.74) is 8.91. The molecule has 5 aliphatic rings. The van der Waals surface area contributed by atoms with Gasteiger partial charge < -0.3 is 65.2 Å². The number of amidine groups is 2. The average molecular weight is 1510 g/mol. The molecule has 0 radical (unpaired) electrons. The lowest BCUT2D eigenvalue weighted by molar-refractivity contribution is -0.197. The zero-order chi connectivity index (χ0) is 75.4. The third kappa shape index (κ3) is 24.6. The first kappa shape index (κ1) is 80.2. The quantitative estimate of drug-likeness (QED) is 0.0221. The van der Waals surface area contributed by atoms with Crippen LogP contribution >= 0.6 is 23.2 Å². The number of ketones is 2. The molecule has 0 bridgehead atoms. The normalized spacial score (nSPS) is 16.6. The first-order chi connectivity index (χ1) is 51.2. The van der Waals surface area contributed by atoms with Gasteiger partial charge in [0.25, 0.3) is 11.8 Å². The second-order valence-electron chi connectivity index (χ2n) is 24.2. The van der Waals surface area contributed by atoms with E-state index in [1.54, 1.807) is 77.7 Å². The van der Waals surface area contributed by atoms with Gasteiger partial charge in [0, 0.05) is 113 Å². The number of nitrogens with one attached hydrogen (secondary N) is 3. The summed E-state index contributed by atoms with van der Waals surface area (Å²) in [5.74, 6) is -2.95. The van der Waals surface area contributed by atoms with Crippen molar-refractivity contribution in [3.8, 4) is 0 Å². The maximum atomic E-state index is 13.9. The van der Waals surface area contributed by atoms with Crippen LogP contribution in [0.1, 0.15) is 98.1 Å². The molecule has 5 aliphatic heterocycles. The number of benzene rings is 2. The summed E-state index contributed by atoms with van der Waals surface area (Å²) in [6, 6.07) is 12.9. The summed E-state index contributed by atoms with van der Waals surface area (Å²) in [4.78, 5) is 93.6. The van der Waals surface area contributed by atoms with Crippen molar-refractivity contribution in [3.05, 3.63) is 176 Å². The Balaban J connectivity index is 0.000000205. The topological polar surface area (TPSA) is 434 Å². The summed E-state index contributed by atoms with van der Waals surface area (Å²) in [6.45, 7) is 7.43. The van der Waals surface area contributed by atoms with E-state index in [1.165, 1.54) is 24.3 Å². The van der Waals surface area contributed by atoms with Crippen molar-refractivity contribution in [2.45, 2.75) is 102 Å². The standard InChI is InChI=1S/C32H37ClFN9O6.C27H31ClFN7O5.C9H11N3O4/c1-32(40-41-32)7-4-28(46)36-10-12-47-14-15-48-13-11-43-17-23(39-42-43)19-49-20-26-29(27(45)18-44)30(24-3-2-22(34)16-25(24)33)38-31(37-26)21-5-8-35-9-6-21;28-22-13-19(29)1-2-21(22)26-25(24(38)15-37)23(32-27(33-26)18-3-6-31-7-4-18)17-41-16-20-14-36(35-34-20)8-10-40-12-11-39-9-5-30;1-9(10-11-9)5-4-8(15)16-12-6(13)2-3-7(12)14/h2-3,5-6,8-9,16-17,30,44H,4,7,10-15,18-20H2,1H3,(H,36,46)(H,37,38);1-4,6-7,13-14,26,37H,5,8-12,15-17,30H2,(H,32,33);2-5H2,1H3. The van der Waals surface area contributed by atoms with Crippen molar-refractivity contribution in [1.82, 2.24) is 61.0 Å². The number of halogens is 4. The molecule has 11 rings (SSSR count). The molecule has 7 N–H and O–H groups in total. The summed E-state index contributed by atoms with van der Waals surface area (Å²) in [5, 5.41) is 61.2. The van der Waals surface area contributed by atoms with Crippen LogP contribution < -0.4 is 21.7 Å². The maximum Gasteiger partial charge on any atom is 0.333 e. The third-order valence-corrected chi connectivity index (χ3v) is 16.6. The van der Waals surface area contributed by atoms with Gasteiger partial charge in [-0.15, -0.1) is 15.3 Å². The number of amides is 3. The number of nitrogens with two attached hydrogens (primary N) is 1. The minimum atomic E-state index is -0.929. The second kappa shape index (κ2) is 40.0. The van der Waals surface area contributed by atoms with Gasteiger partial charge in [-0.25, -0.2) is 22.9 Å². The molecule has 38 heteroatoms. The van der Waals surface area contributed by atoms with Crippen LogP contribution in [0.4, 0.5) is 8.78 Å². The number of carbonyl (C=O) groups excluding carboxylic acids is 6. The molecular weight excluding hydrogens is 1430 g/mol. The highest BCUT2D eigenvalue weighted by molar-refractivity contribution is 6.32. The number of pyridine rings is 2. The minimum absolute atomic E-state index is 0.0424. The van der Waals surface area contributed by atoms with Gasteiger partial charge in [0.2, 0.25) is 5.91 Å². The predicted molar refractivity (Wildman–Crippen MR) is 371 cm³/mol. The van der Waals surface area contributed by atoms with Crippen LogP contribution in [0.2, 0.25) is 10.0 Å². The van der Waals surface area contributed by atoms with Crippen LogP contribution in [0.5, 0.6) is 0 Å². The molecule has 0 aliphatic carbocycles. The van der Waals surface area contributed by atoms with E-state index in [1.807, 2.05) is 6.92 Å². The number of aliphatic hydroxyl groups excluding tert-OH is 2. The van der Waals surface area contributed by atoms with E-state index in [4.69, 9.17) is 67.3 Å². The molecule has 9 heterocycles. The lowest BCUT2D eigenvalue weighted by Gasteiger charge is -2.28. The van der Waals surface area contributed by atoms with Gasteiger partial charge >= 0.3 is 5.97 Å². The van der Waals surface area contributed by atoms with Gasteiger partial charge in [-0.3, -0.25) is 43.9 Å². The van der Waals surface area contributed by atoms with Gasteiger partial charge in [0.1, 0.15) is 60.0 Å². The number of hydrogen-bond acceptors (Lipinski definition) is 30. The molecule has 6 aromatic rings. The van der Waals surface area contributed by atoms with Crippen LogP contribution in [0.25, 0.3) is 0 Å². The number of carbonyl (C=O) groups is 6. The van der Waals surface area contributed by atoms with Gasteiger partial charge in [-0.1, -0.05) is 45.8 Å². The highest BCUT2D eigenvalue weighted by Crippen LogP contribution is 2.39. The van der Waals surface area contributed by atoms with E-state index < -0.39 is 71.9 Å². The number of hydrogen-bond donors (Lipinski definition) is 6. The monoisotopic (exact) mass is 1510 g/mol. The first-order valence-electron chi connectivity index (χ1n) is 33.5. The number of hydroxylamine groups is 2. The Labute approximate surface area is 615 Å². The Morgan fingerprint density at radius 1 is 0.594 bits per heavy atom. The second-order valence-corrected chi connectivity index (χ2v) is 25.0. The number of aliphatic hydroxyl groups is 2. The number of rotatable bonds is 40. The zero-order valence-corrected chi connectivity index (χ0v) is 59.4. The van der Waals surface area contributed by atoms with Crippen molar-refractivity contribution in [1.29, 1.82) is 0 Å². The third-order valence-electron chi connectivity index (χ3n) is 15.9. The molecule has 2 aromatic carbocycles. The Hall–Kier alpha value is -9.86. The van der Waals surface area contributed by atoms with Gasteiger partial charge in [0.05, 0.1) is 123 Å².